The molecule has 2 amide bonds. The Labute approximate surface area is 151 Å². The quantitative estimate of drug-likeness (QED) is 0.741. The summed E-state index contributed by atoms with van der Waals surface area (Å²) in [6.07, 6.45) is 5.75. The zero-order valence-corrected chi connectivity index (χ0v) is 14.8. The number of likely N-dealkylation sites (tertiary alicyclic amines) is 1. The molecule has 26 heavy (non-hydrogen) atoms. The summed E-state index contributed by atoms with van der Waals surface area (Å²) in [6.45, 7) is 2.01. The molecule has 0 aliphatic carbocycles. The minimum absolute atomic E-state index is 0.0177. The van der Waals surface area contributed by atoms with E-state index >= 15 is 0 Å². The Morgan fingerprint density at radius 3 is 3.15 bits per heavy atom. The zero-order chi connectivity index (χ0) is 17.9. The van der Waals surface area contributed by atoms with Crippen molar-refractivity contribution in [2.24, 2.45) is 0 Å². The van der Waals surface area contributed by atoms with E-state index in [1.807, 2.05) is 46.1 Å². The number of carbonyl (C=O) groups is 1. The second-order valence-electron chi connectivity index (χ2n) is 6.62. The van der Waals surface area contributed by atoms with Crippen LogP contribution < -0.4 is 10.1 Å². The average Bonchev–Trinajstić information content (AvgIpc) is 3.39. The van der Waals surface area contributed by atoms with Crippen LogP contribution in [0.3, 0.4) is 0 Å². The van der Waals surface area contributed by atoms with Crippen molar-refractivity contribution in [1.82, 2.24) is 25.0 Å². The predicted molar refractivity (Wildman–Crippen MR) is 99.0 cm³/mol. The molecule has 7 nitrogen and oxygen atoms in total. The fourth-order valence-corrected chi connectivity index (χ4v) is 3.58. The van der Waals surface area contributed by atoms with Gasteiger partial charge in [0.1, 0.15) is 5.75 Å². The number of H-pyrrole nitrogens is 1. The Hall–Kier alpha value is -2.96. The van der Waals surface area contributed by atoms with Gasteiger partial charge in [-0.25, -0.2) is 4.79 Å². The molecule has 0 bridgehead atoms. The van der Waals surface area contributed by atoms with Gasteiger partial charge in [-0.2, -0.15) is 5.10 Å². The maximum absolute atomic E-state index is 12.6. The summed E-state index contributed by atoms with van der Waals surface area (Å²) in [6, 6.07) is 10.0. The van der Waals surface area contributed by atoms with Gasteiger partial charge in [0.25, 0.3) is 0 Å². The number of urea groups is 1. The molecule has 136 valence electrons. The first-order valence-corrected chi connectivity index (χ1v) is 8.90. The lowest BCUT2D eigenvalue weighted by atomic mass is 10.2. The van der Waals surface area contributed by atoms with Gasteiger partial charge >= 0.3 is 6.03 Å². The van der Waals surface area contributed by atoms with Gasteiger partial charge in [0.2, 0.25) is 0 Å². The minimum Gasteiger partial charge on any atom is -0.497 e. The van der Waals surface area contributed by atoms with E-state index in [2.05, 4.69) is 15.4 Å². The van der Waals surface area contributed by atoms with Gasteiger partial charge in [0, 0.05) is 35.5 Å². The molecule has 1 unspecified atom stereocenters. The molecule has 7 heteroatoms. The molecule has 2 aromatic heterocycles. The number of amides is 2. The normalized spacial score (nSPS) is 17.0. The number of hydrogen-bond donors (Lipinski definition) is 2. The second kappa shape index (κ2) is 7.11. The summed E-state index contributed by atoms with van der Waals surface area (Å²) in [5.74, 6) is 0.825. The summed E-state index contributed by atoms with van der Waals surface area (Å²) in [5, 5.41) is 8.36. The SMILES string of the molecule is COc1ccc2[nH]c(CNC(=O)N3CCCC3Cn3cccn3)cc2c1. The predicted octanol–water partition coefficient (Wildman–Crippen LogP) is 2.75. The Morgan fingerprint density at radius 1 is 1.42 bits per heavy atom. The number of rotatable bonds is 5. The highest BCUT2D eigenvalue weighted by Crippen LogP contribution is 2.22. The number of aromatic amines is 1. The molecule has 1 aliphatic heterocycles. The summed E-state index contributed by atoms with van der Waals surface area (Å²) >= 11 is 0. The van der Waals surface area contributed by atoms with Crippen LogP contribution in [0.2, 0.25) is 0 Å². The molecule has 3 aromatic rings. The van der Waals surface area contributed by atoms with E-state index in [-0.39, 0.29) is 12.1 Å². The smallest absolute Gasteiger partial charge is 0.318 e. The molecule has 1 aromatic carbocycles. The molecule has 1 aliphatic rings. The molecule has 0 saturated carbocycles. The monoisotopic (exact) mass is 353 g/mol. The first-order valence-electron chi connectivity index (χ1n) is 8.90. The standard InChI is InChI=1S/C19H23N5O2/c1-26-17-5-6-18-14(11-17)10-15(22-18)12-20-19(25)24-9-2-4-16(24)13-23-8-3-7-21-23/h3,5-8,10-11,16,22H,2,4,9,12-13H2,1H3,(H,20,25). The third kappa shape index (κ3) is 3.37. The van der Waals surface area contributed by atoms with E-state index in [1.165, 1.54) is 0 Å². The van der Waals surface area contributed by atoms with Crippen LogP contribution in [-0.2, 0) is 13.1 Å². The highest BCUT2D eigenvalue weighted by Gasteiger charge is 2.28. The van der Waals surface area contributed by atoms with Crippen molar-refractivity contribution in [1.29, 1.82) is 0 Å². The van der Waals surface area contributed by atoms with Crippen LogP contribution in [0.4, 0.5) is 4.79 Å². The third-order valence-corrected chi connectivity index (χ3v) is 4.91. The van der Waals surface area contributed by atoms with Crippen LogP contribution >= 0.6 is 0 Å². The number of aromatic nitrogens is 3. The fraction of sp³-hybridized carbons (Fsp3) is 0.368. The zero-order valence-electron chi connectivity index (χ0n) is 14.8. The molecular weight excluding hydrogens is 330 g/mol. The van der Waals surface area contributed by atoms with Gasteiger partial charge in [-0.3, -0.25) is 4.68 Å². The summed E-state index contributed by atoms with van der Waals surface area (Å²) in [4.78, 5) is 17.9. The highest BCUT2D eigenvalue weighted by atomic mass is 16.5. The van der Waals surface area contributed by atoms with E-state index in [0.29, 0.717) is 6.54 Å². The lowest BCUT2D eigenvalue weighted by molar-refractivity contribution is 0.185. The van der Waals surface area contributed by atoms with Gasteiger partial charge in [0.15, 0.2) is 0 Å². The fourth-order valence-electron chi connectivity index (χ4n) is 3.58. The largest absolute Gasteiger partial charge is 0.497 e. The molecule has 1 fully saturated rings. The second-order valence-corrected chi connectivity index (χ2v) is 6.62. The number of hydrogen-bond acceptors (Lipinski definition) is 3. The molecule has 0 spiro atoms. The topological polar surface area (TPSA) is 75.2 Å². The highest BCUT2D eigenvalue weighted by molar-refractivity contribution is 5.82. The Balaban J connectivity index is 1.38. The number of ether oxygens (including phenoxy) is 1. The number of fused-ring (bicyclic) bond motifs is 1. The molecule has 3 heterocycles. The summed E-state index contributed by atoms with van der Waals surface area (Å²) < 4.78 is 7.14. The van der Waals surface area contributed by atoms with Crippen molar-refractivity contribution in [3.8, 4) is 5.75 Å². The minimum atomic E-state index is -0.0177. The van der Waals surface area contributed by atoms with Crippen molar-refractivity contribution < 1.29 is 9.53 Å². The average molecular weight is 353 g/mol. The van der Waals surface area contributed by atoms with Crippen molar-refractivity contribution in [3.05, 3.63) is 48.4 Å². The van der Waals surface area contributed by atoms with Crippen LogP contribution in [0.15, 0.2) is 42.7 Å². The van der Waals surface area contributed by atoms with Gasteiger partial charge in [-0.05, 0) is 43.2 Å². The number of nitrogens with zero attached hydrogens (tertiary/aromatic N) is 3. The van der Waals surface area contributed by atoms with Gasteiger partial charge < -0.3 is 19.9 Å². The van der Waals surface area contributed by atoms with E-state index in [1.54, 1.807) is 13.3 Å². The maximum atomic E-state index is 12.6. The van der Waals surface area contributed by atoms with E-state index in [0.717, 1.165) is 48.3 Å². The van der Waals surface area contributed by atoms with Crippen LogP contribution in [0, 0.1) is 0 Å². The Kier molecular flexibility index (Phi) is 4.51. The summed E-state index contributed by atoms with van der Waals surface area (Å²) in [7, 11) is 1.66. The van der Waals surface area contributed by atoms with Crippen LogP contribution in [0.1, 0.15) is 18.5 Å². The van der Waals surface area contributed by atoms with Crippen molar-refractivity contribution >= 4 is 16.9 Å². The molecule has 4 rings (SSSR count). The lowest BCUT2D eigenvalue weighted by Gasteiger charge is -2.24. The van der Waals surface area contributed by atoms with E-state index < -0.39 is 0 Å². The van der Waals surface area contributed by atoms with Crippen molar-refractivity contribution in [3.63, 3.8) is 0 Å². The number of methoxy groups -OCH3 is 1. The lowest BCUT2D eigenvalue weighted by Crippen LogP contribution is -2.44. The van der Waals surface area contributed by atoms with Crippen LogP contribution in [0.25, 0.3) is 10.9 Å². The molecule has 2 N–H and O–H groups in total. The number of benzene rings is 1. The van der Waals surface area contributed by atoms with Crippen LogP contribution in [-0.4, -0.2) is 45.4 Å². The third-order valence-electron chi connectivity index (χ3n) is 4.91. The molecule has 0 radical (unpaired) electrons. The van der Waals surface area contributed by atoms with Crippen molar-refractivity contribution in [2.75, 3.05) is 13.7 Å². The van der Waals surface area contributed by atoms with E-state index in [9.17, 15) is 4.79 Å². The van der Waals surface area contributed by atoms with Crippen molar-refractivity contribution in [2.45, 2.75) is 32.0 Å². The number of carbonyl (C=O) groups excluding carboxylic acids is 1. The van der Waals surface area contributed by atoms with E-state index in [4.69, 9.17) is 4.74 Å². The molecule has 1 atom stereocenters. The Morgan fingerprint density at radius 2 is 2.35 bits per heavy atom. The first-order chi connectivity index (χ1) is 12.7. The number of nitrogens with one attached hydrogen (secondary N) is 2. The summed E-state index contributed by atoms with van der Waals surface area (Å²) in [5.41, 5.74) is 2.01. The van der Waals surface area contributed by atoms with Crippen LogP contribution in [0.5, 0.6) is 5.75 Å². The maximum Gasteiger partial charge on any atom is 0.318 e. The molecular formula is C19H23N5O2. The van der Waals surface area contributed by atoms with Gasteiger partial charge in [-0.15, -0.1) is 0 Å². The Bertz CT molecular complexity index is 887. The van der Waals surface area contributed by atoms with Gasteiger partial charge in [0.05, 0.1) is 26.2 Å². The van der Waals surface area contributed by atoms with Gasteiger partial charge in [-0.1, -0.05) is 0 Å². The first kappa shape index (κ1) is 16.5. The molecule has 1 saturated heterocycles.